The van der Waals surface area contributed by atoms with Crippen LogP contribution in [0.1, 0.15) is 22.9 Å². The Balaban J connectivity index is 1.46. The maximum absolute atomic E-state index is 13.0. The fourth-order valence-electron chi connectivity index (χ4n) is 3.82. The average molecular weight is 408 g/mol. The van der Waals surface area contributed by atoms with Crippen molar-refractivity contribution in [1.29, 1.82) is 0 Å². The molecule has 1 atom stereocenters. The average Bonchev–Trinajstić information content (AvgIpc) is 3.22. The lowest BCUT2D eigenvalue weighted by Crippen LogP contribution is -2.32. The number of H-pyrrole nitrogens is 1. The van der Waals surface area contributed by atoms with Crippen molar-refractivity contribution in [2.24, 2.45) is 0 Å². The summed E-state index contributed by atoms with van der Waals surface area (Å²) in [5.41, 5.74) is 2.59. The number of carbonyl (C=O) groups is 1. The molecule has 152 valence electrons. The number of hydrogen-bond donors (Lipinski definition) is 2. The first kappa shape index (κ1) is 18.9. The molecule has 5 aromatic rings. The predicted molar refractivity (Wildman–Crippen MR) is 121 cm³/mol. The summed E-state index contributed by atoms with van der Waals surface area (Å²) in [4.78, 5) is 28.3. The topological polar surface area (TPSA) is 75.1 Å². The smallest absolute Gasteiger partial charge is 0.252 e. The van der Waals surface area contributed by atoms with Crippen LogP contribution >= 0.6 is 0 Å². The van der Waals surface area contributed by atoms with E-state index in [2.05, 4.69) is 10.3 Å². The van der Waals surface area contributed by atoms with Gasteiger partial charge in [0.1, 0.15) is 17.4 Å². The Labute approximate surface area is 178 Å². The molecule has 0 aliphatic rings. The van der Waals surface area contributed by atoms with Crippen molar-refractivity contribution in [2.45, 2.75) is 12.5 Å². The minimum atomic E-state index is -0.458. The van der Waals surface area contributed by atoms with E-state index < -0.39 is 6.04 Å². The van der Waals surface area contributed by atoms with Gasteiger partial charge in [-0.1, -0.05) is 66.7 Å². The summed E-state index contributed by atoms with van der Waals surface area (Å²) in [6.07, 6.45) is -0.0241. The molecule has 0 fully saturated rings. The second kappa shape index (κ2) is 7.95. The van der Waals surface area contributed by atoms with E-state index in [0.717, 1.165) is 27.4 Å². The van der Waals surface area contributed by atoms with Crippen LogP contribution in [0.25, 0.3) is 21.9 Å². The van der Waals surface area contributed by atoms with Crippen LogP contribution < -0.4 is 10.9 Å². The highest BCUT2D eigenvalue weighted by Crippen LogP contribution is 2.28. The third-order valence-corrected chi connectivity index (χ3v) is 5.35. The maximum atomic E-state index is 13.0. The van der Waals surface area contributed by atoms with Gasteiger partial charge < -0.3 is 14.7 Å². The monoisotopic (exact) mass is 408 g/mol. The Morgan fingerprint density at radius 2 is 1.58 bits per heavy atom. The number of pyridine rings is 1. The molecule has 5 heteroatoms. The highest BCUT2D eigenvalue weighted by atomic mass is 16.3. The van der Waals surface area contributed by atoms with E-state index in [-0.39, 0.29) is 17.9 Å². The van der Waals surface area contributed by atoms with Gasteiger partial charge in [-0.3, -0.25) is 9.59 Å². The molecule has 1 amide bonds. The third kappa shape index (κ3) is 3.85. The van der Waals surface area contributed by atoms with Crippen molar-refractivity contribution < 1.29 is 9.21 Å². The first-order valence-electron chi connectivity index (χ1n) is 10.1. The Morgan fingerprint density at radius 3 is 2.39 bits per heavy atom. The second-order valence-electron chi connectivity index (χ2n) is 7.49. The van der Waals surface area contributed by atoms with E-state index in [0.29, 0.717) is 11.3 Å². The summed E-state index contributed by atoms with van der Waals surface area (Å²) < 4.78 is 6.03. The van der Waals surface area contributed by atoms with Crippen molar-refractivity contribution in [2.75, 3.05) is 0 Å². The van der Waals surface area contributed by atoms with Gasteiger partial charge in [0.2, 0.25) is 5.91 Å². The molecule has 5 rings (SSSR count). The van der Waals surface area contributed by atoms with E-state index in [9.17, 15) is 9.59 Å². The van der Waals surface area contributed by atoms with E-state index in [1.165, 1.54) is 0 Å². The highest BCUT2D eigenvalue weighted by molar-refractivity contribution is 5.83. The van der Waals surface area contributed by atoms with Gasteiger partial charge >= 0.3 is 0 Å². The molecule has 0 bridgehead atoms. The van der Waals surface area contributed by atoms with Crippen molar-refractivity contribution in [1.82, 2.24) is 10.3 Å². The number of furan rings is 1. The first-order valence-corrected chi connectivity index (χ1v) is 10.1. The Hall–Kier alpha value is -4.12. The normalized spacial score (nSPS) is 12.1. The Kier molecular flexibility index (Phi) is 4.84. The van der Waals surface area contributed by atoms with Crippen molar-refractivity contribution in [3.8, 4) is 0 Å². The van der Waals surface area contributed by atoms with Crippen LogP contribution in [-0.2, 0) is 11.2 Å². The van der Waals surface area contributed by atoms with Gasteiger partial charge in [-0.2, -0.15) is 0 Å². The highest BCUT2D eigenvalue weighted by Gasteiger charge is 2.21. The Morgan fingerprint density at radius 1 is 0.871 bits per heavy atom. The van der Waals surface area contributed by atoms with E-state index in [1.54, 1.807) is 6.07 Å². The first-order chi connectivity index (χ1) is 15.2. The van der Waals surface area contributed by atoms with Gasteiger partial charge in [0.25, 0.3) is 5.56 Å². The standard InChI is InChI=1S/C26H20N2O3/c29-24(16-20-14-18-10-4-6-12-21(18)27-26(20)30)28-25(17-8-2-1-3-9-17)23-15-19-11-5-7-13-22(19)31-23/h1-15,25H,16H2,(H,27,30)(H,28,29). The van der Waals surface area contributed by atoms with Gasteiger partial charge in [0.15, 0.2) is 0 Å². The molecule has 0 radical (unpaired) electrons. The molecule has 2 aromatic heterocycles. The lowest BCUT2D eigenvalue weighted by Gasteiger charge is -2.17. The third-order valence-electron chi connectivity index (χ3n) is 5.35. The molecule has 0 aliphatic heterocycles. The van der Waals surface area contributed by atoms with E-state index >= 15 is 0 Å². The molecule has 0 aliphatic carbocycles. The second-order valence-corrected chi connectivity index (χ2v) is 7.49. The summed E-state index contributed by atoms with van der Waals surface area (Å²) in [5, 5.41) is 4.91. The van der Waals surface area contributed by atoms with Crippen molar-refractivity contribution in [3.63, 3.8) is 0 Å². The summed E-state index contributed by atoms with van der Waals surface area (Å²) >= 11 is 0. The minimum Gasteiger partial charge on any atom is -0.459 e. The molecule has 2 heterocycles. The number of rotatable bonds is 5. The maximum Gasteiger partial charge on any atom is 0.252 e. The summed E-state index contributed by atoms with van der Waals surface area (Å²) in [6.45, 7) is 0. The molecule has 0 saturated carbocycles. The lowest BCUT2D eigenvalue weighted by atomic mass is 10.0. The number of fused-ring (bicyclic) bond motifs is 2. The molecule has 31 heavy (non-hydrogen) atoms. The predicted octanol–water partition coefficient (Wildman–Crippen LogP) is 4.72. The molecule has 0 spiro atoms. The zero-order valence-corrected chi connectivity index (χ0v) is 16.7. The van der Waals surface area contributed by atoms with Crippen LogP contribution in [0.15, 0.2) is 100 Å². The summed E-state index contributed by atoms with van der Waals surface area (Å²) in [7, 11) is 0. The molecule has 5 nitrogen and oxygen atoms in total. The number of para-hydroxylation sites is 2. The van der Waals surface area contributed by atoms with Crippen molar-refractivity contribution >= 4 is 27.8 Å². The molecular weight excluding hydrogens is 388 g/mol. The van der Waals surface area contributed by atoms with Crippen molar-refractivity contribution in [3.05, 3.63) is 118 Å². The molecular formula is C26H20N2O3. The van der Waals surface area contributed by atoms with Crippen LogP contribution in [0.4, 0.5) is 0 Å². The molecule has 0 saturated heterocycles. The van der Waals surface area contributed by atoms with Gasteiger partial charge in [-0.25, -0.2) is 0 Å². The van der Waals surface area contributed by atoms with Crippen LogP contribution in [-0.4, -0.2) is 10.9 Å². The number of benzene rings is 3. The fraction of sp³-hybridized carbons (Fsp3) is 0.0769. The number of nitrogens with one attached hydrogen (secondary N) is 2. The number of aromatic amines is 1. The fourth-order valence-corrected chi connectivity index (χ4v) is 3.82. The Bertz CT molecular complexity index is 1400. The lowest BCUT2D eigenvalue weighted by molar-refractivity contribution is -0.121. The van der Waals surface area contributed by atoms with Gasteiger partial charge in [0.05, 0.1) is 6.42 Å². The summed E-state index contributed by atoms with van der Waals surface area (Å²) in [6, 6.07) is 28.2. The SMILES string of the molecule is O=C(Cc1cc2ccccc2[nH]c1=O)NC(c1ccccc1)c1cc2ccccc2o1. The van der Waals surface area contributed by atoms with E-state index in [4.69, 9.17) is 4.42 Å². The summed E-state index contributed by atoms with van der Waals surface area (Å²) in [5.74, 6) is 0.392. The van der Waals surface area contributed by atoms with Crippen LogP contribution in [0.5, 0.6) is 0 Å². The van der Waals surface area contributed by atoms with Crippen LogP contribution in [0.3, 0.4) is 0 Å². The number of hydrogen-bond acceptors (Lipinski definition) is 3. The van der Waals surface area contributed by atoms with Gasteiger partial charge in [-0.15, -0.1) is 0 Å². The largest absolute Gasteiger partial charge is 0.459 e. The minimum absolute atomic E-state index is 0.0241. The zero-order valence-electron chi connectivity index (χ0n) is 16.7. The number of aromatic nitrogens is 1. The molecule has 2 N–H and O–H groups in total. The van der Waals surface area contributed by atoms with Crippen LogP contribution in [0.2, 0.25) is 0 Å². The van der Waals surface area contributed by atoms with Crippen LogP contribution in [0, 0.1) is 0 Å². The van der Waals surface area contributed by atoms with E-state index in [1.807, 2.05) is 84.9 Å². The molecule has 1 unspecified atom stereocenters. The quantitative estimate of drug-likeness (QED) is 0.442. The van der Waals surface area contributed by atoms with Gasteiger partial charge in [0, 0.05) is 16.5 Å². The number of carbonyl (C=O) groups excluding carboxylic acids is 1. The number of amides is 1. The zero-order chi connectivity index (χ0) is 21.2. The van der Waals surface area contributed by atoms with Gasteiger partial charge in [-0.05, 0) is 35.2 Å². The molecule has 3 aromatic carbocycles.